The monoisotopic (exact) mass is 311 g/mol. The largest absolute Gasteiger partial charge is 0.383 e. The van der Waals surface area contributed by atoms with Crippen LogP contribution in [0, 0.1) is 0 Å². The number of halogens is 1. The first-order valence-corrected chi connectivity index (χ1v) is 7.37. The van der Waals surface area contributed by atoms with Gasteiger partial charge in [0, 0.05) is 48.9 Å². The zero-order chi connectivity index (χ0) is 13.0. The molecule has 1 atom stereocenters. The molecule has 1 heterocycles. The van der Waals surface area contributed by atoms with E-state index in [0.717, 1.165) is 17.6 Å². The lowest BCUT2D eigenvalue weighted by molar-refractivity contribution is 0.108. The zero-order valence-corrected chi connectivity index (χ0v) is 12.8. The van der Waals surface area contributed by atoms with E-state index in [2.05, 4.69) is 63.2 Å². The number of para-hydroxylation sites is 1. The highest BCUT2D eigenvalue weighted by molar-refractivity contribution is 9.10. The van der Waals surface area contributed by atoms with E-state index in [-0.39, 0.29) is 0 Å². The Balaban J connectivity index is 1.74. The Bertz CT molecular complexity index is 383. The number of nitrogens with zero attached hydrogens (tertiary/aromatic N) is 2. The molecule has 4 heteroatoms. The number of hydrogen-bond donors (Lipinski definition) is 1. The fourth-order valence-corrected chi connectivity index (χ4v) is 2.71. The van der Waals surface area contributed by atoms with Gasteiger partial charge in [0.2, 0.25) is 0 Å². The number of rotatable bonds is 4. The van der Waals surface area contributed by atoms with Crippen molar-refractivity contribution in [1.82, 2.24) is 9.80 Å². The summed E-state index contributed by atoms with van der Waals surface area (Å²) in [5.41, 5.74) is 1.18. The van der Waals surface area contributed by atoms with E-state index < -0.39 is 0 Å². The van der Waals surface area contributed by atoms with Gasteiger partial charge < -0.3 is 10.2 Å². The van der Waals surface area contributed by atoms with Crippen molar-refractivity contribution in [2.75, 3.05) is 45.1 Å². The molecule has 0 spiro atoms. The van der Waals surface area contributed by atoms with Gasteiger partial charge in [0.15, 0.2) is 0 Å². The Hall–Kier alpha value is -0.580. The molecule has 18 heavy (non-hydrogen) atoms. The number of likely N-dealkylation sites (N-methyl/N-ethyl adjacent to an activating group) is 1. The first-order valence-electron chi connectivity index (χ1n) is 6.58. The predicted octanol–water partition coefficient (Wildman–Crippen LogP) is 2.50. The molecule has 0 aliphatic carbocycles. The summed E-state index contributed by atoms with van der Waals surface area (Å²) in [5.74, 6) is 0. The SMILES string of the molecule is CC1CN(CCNc2ccccc2Br)CCN1C. The normalized spacial score (nSPS) is 22.1. The second-order valence-corrected chi connectivity index (χ2v) is 5.89. The van der Waals surface area contributed by atoms with Gasteiger partial charge in [0.1, 0.15) is 0 Å². The quantitative estimate of drug-likeness (QED) is 0.921. The Morgan fingerprint density at radius 1 is 1.33 bits per heavy atom. The van der Waals surface area contributed by atoms with E-state index in [1.54, 1.807) is 0 Å². The van der Waals surface area contributed by atoms with Crippen molar-refractivity contribution in [2.24, 2.45) is 0 Å². The third kappa shape index (κ3) is 3.70. The molecule has 1 aromatic rings. The van der Waals surface area contributed by atoms with E-state index in [1.165, 1.54) is 25.3 Å². The standard InChI is InChI=1S/C14H22BrN3/c1-12-11-18(10-9-17(12)2)8-7-16-14-6-4-3-5-13(14)15/h3-6,12,16H,7-11H2,1-2H3. The topological polar surface area (TPSA) is 18.5 Å². The Morgan fingerprint density at radius 3 is 2.83 bits per heavy atom. The summed E-state index contributed by atoms with van der Waals surface area (Å²) in [4.78, 5) is 4.96. The molecular formula is C14H22BrN3. The molecule has 1 aliphatic rings. The van der Waals surface area contributed by atoms with Gasteiger partial charge in [-0.1, -0.05) is 12.1 Å². The van der Waals surface area contributed by atoms with Crippen LogP contribution in [0.5, 0.6) is 0 Å². The maximum atomic E-state index is 3.56. The Kier molecular flexibility index (Phi) is 5.03. The highest BCUT2D eigenvalue weighted by Crippen LogP contribution is 2.20. The minimum atomic E-state index is 0.669. The number of benzene rings is 1. The molecule has 2 rings (SSSR count). The summed E-state index contributed by atoms with van der Waals surface area (Å²) in [6.07, 6.45) is 0. The van der Waals surface area contributed by atoms with Gasteiger partial charge in [0.05, 0.1) is 0 Å². The fraction of sp³-hybridized carbons (Fsp3) is 0.571. The molecule has 0 amide bonds. The Labute approximate surface area is 118 Å². The van der Waals surface area contributed by atoms with Gasteiger partial charge in [-0.2, -0.15) is 0 Å². The van der Waals surface area contributed by atoms with Crippen molar-refractivity contribution in [3.63, 3.8) is 0 Å². The second kappa shape index (κ2) is 6.55. The van der Waals surface area contributed by atoms with Gasteiger partial charge in [-0.15, -0.1) is 0 Å². The summed E-state index contributed by atoms with van der Waals surface area (Å²) in [6, 6.07) is 8.95. The van der Waals surface area contributed by atoms with E-state index in [1.807, 2.05) is 6.07 Å². The van der Waals surface area contributed by atoms with E-state index >= 15 is 0 Å². The Morgan fingerprint density at radius 2 is 2.11 bits per heavy atom. The molecule has 1 N–H and O–H groups in total. The van der Waals surface area contributed by atoms with Gasteiger partial charge in [0.25, 0.3) is 0 Å². The van der Waals surface area contributed by atoms with Gasteiger partial charge in [-0.05, 0) is 42.0 Å². The molecule has 1 aliphatic heterocycles. The molecule has 100 valence electrons. The summed E-state index contributed by atoms with van der Waals surface area (Å²) in [6.45, 7) is 7.94. The van der Waals surface area contributed by atoms with Crippen LogP contribution < -0.4 is 5.32 Å². The average molecular weight is 312 g/mol. The van der Waals surface area contributed by atoms with E-state index in [4.69, 9.17) is 0 Å². The lowest BCUT2D eigenvalue weighted by Gasteiger charge is -2.37. The first kappa shape index (κ1) is 13.8. The van der Waals surface area contributed by atoms with Gasteiger partial charge in [-0.25, -0.2) is 0 Å². The lowest BCUT2D eigenvalue weighted by Crippen LogP contribution is -2.50. The van der Waals surface area contributed by atoms with Crippen molar-refractivity contribution in [3.8, 4) is 0 Å². The molecule has 1 unspecified atom stereocenters. The van der Waals surface area contributed by atoms with Crippen LogP contribution in [-0.4, -0.2) is 55.6 Å². The van der Waals surface area contributed by atoms with Crippen molar-refractivity contribution < 1.29 is 0 Å². The van der Waals surface area contributed by atoms with Crippen molar-refractivity contribution >= 4 is 21.6 Å². The molecule has 1 saturated heterocycles. The minimum absolute atomic E-state index is 0.669. The zero-order valence-electron chi connectivity index (χ0n) is 11.2. The third-order valence-corrected chi connectivity index (χ3v) is 4.35. The molecule has 0 saturated carbocycles. The van der Waals surface area contributed by atoms with Crippen molar-refractivity contribution in [3.05, 3.63) is 28.7 Å². The second-order valence-electron chi connectivity index (χ2n) is 5.04. The maximum absolute atomic E-state index is 3.56. The molecule has 1 aromatic carbocycles. The molecule has 0 bridgehead atoms. The van der Waals surface area contributed by atoms with Crippen LogP contribution >= 0.6 is 15.9 Å². The maximum Gasteiger partial charge on any atom is 0.0485 e. The van der Waals surface area contributed by atoms with Gasteiger partial charge >= 0.3 is 0 Å². The van der Waals surface area contributed by atoms with E-state index in [9.17, 15) is 0 Å². The molecular weight excluding hydrogens is 290 g/mol. The first-order chi connectivity index (χ1) is 8.66. The molecule has 1 fully saturated rings. The highest BCUT2D eigenvalue weighted by Gasteiger charge is 2.19. The highest BCUT2D eigenvalue weighted by atomic mass is 79.9. The lowest BCUT2D eigenvalue weighted by atomic mass is 10.2. The number of anilines is 1. The van der Waals surface area contributed by atoms with E-state index in [0.29, 0.717) is 6.04 Å². The van der Waals surface area contributed by atoms with Crippen LogP contribution in [0.2, 0.25) is 0 Å². The summed E-state index contributed by atoms with van der Waals surface area (Å²) in [5, 5.41) is 3.48. The fourth-order valence-electron chi connectivity index (χ4n) is 2.28. The number of piperazine rings is 1. The van der Waals surface area contributed by atoms with Crippen LogP contribution in [0.1, 0.15) is 6.92 Å². The minimum Gasteiger partial charge on any atom is -0.383 e. The van der Waals surface area contributed by atoms with Crippen LogP contribution in [0.25, 0.3) is 0 Å². The molecule has 3 nitrogen and oxygen atoms in total. The average Bonchev–Trinajstić information content (AvgIpc) is 2.36. The molecule has 0 radical (unpaired) electrons. The van der Waals surface area contributed by atoms with Crippen molar-refractivity contribution in [2.45, 2.75) is 13.0 Å². The number of hydrogen-bond acceptors (Lipinski definition) is 3. The summed E-state index contributed by atoms with van der Waals surface area (Å²) < 4.78 is 1.14. The third-order valence-electron chi connectivity index (χ3n) is 3.66. The predicted molar refractivity (Wildman–Crippen MR) is 81.2 cm³/mol. The van der Waals surface area contributed by atoms with Crippen molar-refractivity contribution in [1.29, 1.82) is 0 Å². The van der Waals surface area contributed by atoms with Crippen LogP contribution in [0.3, 0.4) is 0 Å². The van der Waals surface area contributed by atoms with Crippen LogP contribution in [-0.2, 0) is 0 Å². The smallest absolute Gasteiger partial charge is 0.0485 e. The number of nitrogens with one attached hydrogen (secondary N) is 1. The summed E-state index contributed by atoms with van der Waals surface area (Å²) >= 11 is 3.56. The summed E-state index contributed by atoms with van der Waals surface area (Å²) in [7, 11) is 2.21. The van der Waals surface area contributed by atoms with Crippen LogP contribution in [0.15, 0.2) is 28.7 Å². The van der Waals surface area contributed by atoms with Crippen LogP contribution in [0.4, 0.5) is 5.69 Å². The molecule has 0 aromatic heterocycles. The van der Waals surface area contributed by atoms with Gasteiger partial charge in [-0.3, -0.25) is 4.90 Å².